The molecule has 1 N–H and O–H groups in total. The van der Waals surface area contributed by atoms with Gasteiger partial charge in [0.1, 0.15) is 5.03 Å². The molecule has 2 unspecified atom stereocenters. The van der Waals surface area contributed by atoms with Gasteiger partial charge >= 0.3 is 0 Å². The quantitative estimate of drug-likeness (QED) is 0.853. The number of nitrogens with zero attached hydrogens (tertiary/aromatic N) is 1. The average Bonchev–Trinajstić information content (AvgIpc) is 2.38. The van der Waals surface area contributed by atoms with Crippen molar-refractivity contribution < 1.29 is 4.79 Å². The maximum absolute atomic E-state index is 12.2. The molecular formula is C14H20N2OS. The zero-order valence-electron chi connectivity index (χ0n) is 11.0. The summed E-state index contributed by atoms with van der Waals surface area (Å²) in [5, 5.41) is 3.95. The van der Waals surface area contributed by atoms with Gasteiger partial charge in [-0.3, -0.25) is 4.79 Å². The SMILES string of the molecule is CSc1ncccc1C(=O)NC1CCCC(C)C1. The number of hydrogen-bond acceptors (Lipinski definition) is 3. The van der Waals surface area contributed by atoms with Crippen LogP contribution >= 0.6 is 11.8 Å². The van der Waals surface area contributed by atoms with E-state index >= 15 is 0 Å². The summed E-state index contributed by atoms with van der Waals surface area (Å²) < 4.78 is 0. The summed E-state index contributed by atoms with van der Waals surface area (Å²) in [6.07, 6.45) is 8.38. The average molecular weight is 264 g/mol. The molecule has 0 saturated heterocycles. The molecule has 1 aromatic rings. The Labute approximate surface area is 113 Å². The number of thioether (sulfide) groups is 1. The molecule has 1 aromatic heterocycles. The zero-order chi connectivity index (χ0) is 13.0. The highest BCUT2D eigenvalue weighted by Crippen LogP contribution is 2.24. The predicted octanol–water partition coefficient (Wildman–Crippen LogP) is 3.11. The van der Waals surface area contributed by atoms with E-state index in [1.54, 1.807) is 6.20 Å². The molecule has 3 nitrogen and oxygen atoms in total. The van der Waals surface area contributed by atoms with Crippen molar-refractivity contribution in [3.8, 4) is 0 Å². The molecule has 1 aliphatic rings. The highest BCUT2D eigenvalue weighted by atomic mass is 32.2. The van der Waals surface area contributed by atoms with E-state index in [9.17, 15) is 4.79 Å². The van der Waals surface area contributed by atoms with E-state index in [4.69, 9.17) is 0 Å². The lowest BCUT2D eigenvalue weighted by atomic mass is 9.87. The fourth-order valence-corrected chi connectivity index (χ4v) is 3.10. The minimum absolute atomic E-state index is 0.0200. The lowest BCUT2D eigenvalue weighted by Crippen LogP contribution is -2.38. The van der Waals surface area contributed by atoms with Gasteiger partial charge in [0.2, 0.25) is 0 Å². The molecule has 0 bridgehead atoms. The van der Waals surface area contributed by atoms with E-state index in [-0.39, 0.29) is 5.91 Å². The van der Waals surface area contributed by atoms with E-state index in [1.165, 1.54) is 24.6 Å². The highest BCUT2D eigenvalue weighted by molar-refractivity contribution is 7.98. The lowest BCUT2D eigenvalue weighted by molar-refractivity contribution is 0.0917. The third kappa shape index (κ3) is 3.25. The van der Waals surface area contributed by atoms with Crippen molar-refractivity contribution in [1.29, 1.82) is 0 Å². The Morgan fingerprint density at radius 1 is 1.50 bits per heavy atom. The summed E-state index contributed by atoms with van der Waals surface area (Å²) in [4.78, 5) is 16.5. The molecule has 98 valence electrons. The molecule has 4 heteroatoms. The first-order valence-corrected chi connectivity index (χ1v) is 7.73. The molecule has 1 heterocycles. The van der Waals surface area contributed by atoms with Gasteiger partial charge in [0.25, 0.3) is 5.91 Å². The first-order chi connectivity index (χ1) is 8.70. The molecule has 1 aliphatic carbocycles. The minimum Gasteiger partial charge on any atom is -0.349 e. The number of nitrogens with one attached hydrogen (secondary N) is 1. The lowest BCUT2D eigenvalue weighted by Gasteiger charge is -2.27. The largest absolute Gasteiger partial charge is 0.349 e. The number of amides is 1. The molecule has 2 atom stereocenters. The highest BCUT2D eigenvalue weighted by Gasteiger charge is 2.21. The normalized spacial score (nSPS) is 23.7. The standard InChI is InChI=1S/C14H20N2OS/c1-10-5-3-6-11(9-10)16-13(17)12-7-4-8-15-14(12)18-2/h4,7-8,10-11H,3,5-6,9H2,1-2H3,(H,16,17). The molecular weight excluding hydrogens is 244 g/mol. The maximum Gasteiger partial charge on any atom is 0.254 e. The van der Waals surface area contributed by atoms with Crippen LogP contribution in [-0.2, 0) is 0 Å². The topological polar surface area (TPSA) is 42.0 Å². The molecule has 1 fully saturated rings. The van der Waals surface area contributed by atoms with Gasteiger partial charge in [-0.05, 0) is 37.1 Å². The monoisotopic (exact) mass is 264 g/mol. The van der Waals surface area contributed by atoms with Crippen LogP contribution in [-0.4, -0.2) is 23.2 Å². The second-order valence-corrected chi connectivity index (χ2v) is 5.80. The van der Waals surface area contributed by atoms with Crippen LogP contribution in [0.4, 0.5) is 0 Å². The van der Waals surface area contributed by atoms with Crippen LogP contribution in [0.3, 0.4) is 0 Å². The summed E-state index contributed by atoms with van der Waals surface area (Å²) in [7, 11) is 0. The van der Waals surface area contributed by atoms with Crippen LogP contribution in [0, 0.1) is 5.92 Å². The summed E-state index contributed by atoms with van der Waals surface area (Å²) in [5.74, 6) is 0.740. The van der Waals surface area contributed by atoms with E-state index in [2.05, 4.69) is 17.2 Å². The smallest absolute Gasteiger partial charge is 0.254 e. The van der Waals surface area contributed by atoms with Gasteiger partial charge in [-0.1, -0.05) is 19.8 Å². The molecule has 1 saturated carbocycles. The summed E-state index contributed by atoms with van der Waals surface area (Å²) >= 11 is 1.51. The molecule has 0 aliphatic heterocycles. The Hall–Kier alpha value is -1.03. The summed E-state index contributed by atoms with van der Waals surface area (Å²) in [5.41, 5.74) is 0.697. The van der Waals surface area contributed by atoms with Gasteiger partial charge in [-0.2, -0.15) is 0 Å². The number of carbonyl (C=O) groups excluding carboxylic acids is 1. The first-order valence-electron chi connectivity index (χ1n) is 6.50. The predicted molar refractivity (Wildman–Crippen MR) is 74.9 cm³/mol. The van der Waals surface area contributed by atoms with E-state index in [0.29, 0.717) is 11.6 Å². The molecule has 1 amide bonds. The molecule has 0 radical (unpaired) electrons. The molecule has 0 spiro atoms. The van der Waals surface area contributed by atoms with Crippen LogP contribution in [0.25, 0.3) is 0 Å². The Balaban J connectivity index is 2.03. The Morgan fingerprint density at radius 3 is 3.06 bits per heavy atom. The first kappa shape index (κ1) is 13.4. The Morgan fingerprint density at radius 2 is 2.33 bits per heavy atom. The van der Waals surface area contributed by atoms with Gasteiger partial charge < -0.3 is 5.32 Å². The van der Waals surface area contributed by atoms with Crippen LogP contribution in [0.15, 0.2) is 23.4 Å². The molecule has 18 heavy (non-hydrogen) atoms. The summed E-state index contributed by atoms with van der Waals surface area (Å²) in [6.45, 7) is 2.26. The van der Waals surface area contributed by atoms with Crippen molar-refractivity contribution in [2.45, 2.75) is 43.7 Å². The van der Waals surface area contributed by atoms with Crippen molar-refractivity contribution in [3.05, 3.63) is 23.9 Å². The second kappa shape index (κ2) is 6.23. The minimum atomic E-state index is 0.0200. The van der Waals surface area contributed by atoms with Gasteiger partial charge in [-0.25, -0.2) is 4.98 Å². The fraction of sp³-hybridized carbons (Fsp3) is 0.571. The van der Waals surface area contributed by atoms with Crippen molar-refractivity contribution in [2.24, 2.45) is 5.92 Å². The third-order valence-corrected chi connectivity index (χ3v) is 4.19. The number of aromatic nitrogens is 1. The van der Waals surface area contributed by atoms with Crippen molar-refractivity contribution in [2.75, 3.05) is 6.26 Å². The van der Waals surface area contributed by atoms with Crippen LogP contribution in [0.2, 0.25) is 0 Å². The summed E-state index contributed by atoms with van der Waals surface area (Å²) in [6, 6.07) is 4.00. The molecule has 2 rings (SSSR count). The zero-order valence-corrected chi connectivity index (χ0v) is 11.8. The van der Waals surface area contributed by atoms with Gasteiger partial charge in [-0.15, -0.1) is 11.8 Å². The second-order valence-electron chi connectivity index (χ2n) is 5.00. The van der Waals surface area contributed by atoms with E-state index in [1.807, 2.05) is 18.4 Å². The van der Waals surface area contributed by atoms with E-state index in [0.717, 1.165) is 23.8 Å². The van der Waals surface area contributed by atoms with Crippen molar-refractivity contribution in [3.63, 3.8) is 0 Å². The van der Waals surface area contributed by atoms with Crippen molar-refractivity contribution in [1.82, 2.24) is 10.3 Å². The van der Waals surface area contributed by atoms with Gasteiger partial charge in [0, 0.05) is 12.2 Å². The van der Waals surface area contributed by atoms with E-state index < -0.39 is 0 Å². The number of pyridine rings is 1. The van der Waals surface area contributed by atoms with Crippen LogP contribution in [0.5, 0.6) is 0 Å². The number of hydrogen-bond donors (Lipinski definition) is 1. The van der Waals surface area contributed by atoms with Gasteiger partial charge in [0.15, 0.2) is 0 Å². The fourth-order valence-electron chi connectivity index (χ4n) is 2.55. The van der Waals surface area contributed by atoms with Gasteiger partial charge in [0.05, 0.1) is 5.56 Å². The third-order valence-electron chi connectivity index (χ3n) is 3.48. The number of rotatable bonds is 3. The maximum atomic E-state index is 12.2. The van der Waals surface area contributed by atoms with Crippen molar-refractivity contribution >= 4 is 17.7 Å². The Kier molecular flexibility index (Phi) is 4.64. The van der Waals surface area contributed by atoms with Crippen LogP contribution < -0.4 is 5.32 Å². The Bertz CT molecular complexity index is 422. The molecule has 0 aromatic carbocycles. The number of carbonyl (C=O) groups is 1. The van der Waals surface area contributed by atoms with Crippen LogP contribution in [0.1, 0.15) is 43.0 Å².